The molecule has 0 N–H and O–H groups in total. The minimum atomic E-state index is -0.0694. The van der Waals surface area contributed by atoms with E-state index in [-0.39, 0.29) is 22.7 Å². The molecule has 0 aromatic rings. The number of esters is 1. The lowest BCUT2D eigenvalue weighted by Gasteiger charge is -2.03. The predicted molar refractivity (Wildman–Crippen MR) is 43.1 cm³/mol. The molecule has 0 spiro atoms. The van der Waals surface area contributed by atoms with Crippen molar-refractivity contribution in [1.82, 2.24) is 0 Å². The first-order valence-corrected chi connectivity index (χ1v) is 3.93. The average Bonchev–Trinajstić information content (AvgIpc) is 2.24. The molecular weight excluding hydrogens is 140 g/mol. The third-order valence-corrected chi connectivity index (χ3v) is 3.46. The normalized spacial score (nSPS) is 26.3. The predicted octanol–water partition coefficient (Wildman–Crippen LogP) is 1.84. The fourth-order valence-electron chi connectivity index (χ4n) is 1.90. The Labute approximate surface area is 67.9 Å². The Morgan fingerprint density at radius 2 is 1.55 bits per heavy atom. The van der Waals surface area contributed by atoms with Gasteiger partial charge in [0, 0.05) is 0 Å². The van der Waals surface area contributed by atoms with Crippen molar-refractivity contribution in [3.8, 4) is 0 Å². The second kappa shape index (κ2) is 1.99. The third-order valence-electron chi connectivity index (χ3n) is 3.46. The lowest BCUT2D eigenvalue weighted by atomic mass is 10.0. The summed E-state index contributed by atoms with van der Waals surface area (Å²) in [5, 5.41) is 0. The quantitative estimate of drug-likeness (QED) is 0.541. The molecule has 0 aromatic carbocycles. The van der Waals surface area contributed by atoms with Crippen LogP contribution in [0.4, 0.5) is 0 Å². The summed E-state index contributed by atoms with van der Waals surface area (Å²) < 4.78 is 4.71. The molecule has 0 heterocycles. The van der Waals surface area contributed by atoms with Crippen LogP contribution < -0.4 is 0 Å². The van der Waals surface area contributed by atoms with Gasteiger partial charge in [0.25, 0.3) is 0 Å². The number of carbonyl (C=O) groups is 1. The minimum absolute atomic E-state index is 0.0694. The Morgan fingerprint density at radius 3 is 1.64 bits per heavy atom. The Kier molecular flexibility index (Phi) is 1.55. The van der Waals surface area contributed by atoms with E-state index in [2.05, 4.69) is 27.7 Å². The highest BCUT2D eigenvalue weighted by atomic mass is 16.5. The molecule has 1 aliphatic rings. The Bertz CT molecular complexity index is 178. The maximum atomic E-state index is 11.2. The molecule has 0 atom stereocenters. The first kappa shape index (κ1) is 8.57. The summed E-state index contributed by atoms with van der Waals surface area (Å²) in [6.45, 7) is 8.42. The molecule has 64 valence electrons. The van der Waals surface area contributed by atoms with Crippen LogP contribution in [0.15, 0.2) is 0 Å². The summed E-state index contributed by atoms with van der Waals surface area (Å²) in [6, 6.07) is 0. The van der Waals surface area contributed by atoms with E-state index < -0.39 is 0 Å². The monoisotopic (exact) mass is 156 g/mol. The third kappa shape index (κ3) is 0.883. The standard InChI is InChI=1S/C9H16O2/c1-8(2)6(7(10)11-5)9(8,3)4/h6H,1-5H3. The van der Waals surface area contributed by atoms with Crippen molar-refractivity contribution in [2.75, 3.05) is 7.11 Å². The van der Waals surface area contributed by atoms with Gasteiger partial charge in [0.05, 0.1) is 13.0 Å². The summed E-state index contributed by atoms with van der Waals surface area (Å²) in [4.78, 5) is 11.2. The summed E-state index contributed by atoms with van der Waals surface area (Å²) in [5.41, 5.74) is 0.222. The zero-order valence-corrected chi connectivity index (χ0v) is 7.89. The van der Waals surface area contributed by atoms with Gasteiger partial charge in [-0.15, -0.1) is 0 Å². The van der Waals surface area contributed by atoms with Gasteiger partial charge in [-0.3, -0.25) is 4.79 Å². The van der Waals surface area contributed by atoms with Gasteiger partial charge in [-0.25, -0.2) is 0 Å². The van der Waals surface area contributed by atoms with Crippen molar-refractivity contribution in [3.05, 3.63) is 0 Å². The maximum absolute atomic E-state index is 11.2. The molecule has 1 fully saturated rings. The largest absolute Gasteiger partial charge is 0.469 e. The first-order chi connectivity index (χ1) is 4.85. The Hall–Kier alpha value is -0.530. The van der Waals surface area contributed by atoms with Crippen molar-refractivity contribution in [3.63, 3.8) is 0 Å². The van der Waals surface area contributed by atoms with Crippen LogP contribution in [0.1, 0.15) is 27.7 Å². The number of ether oxygens (including phenoxy) is 1. The zero-order valence-electron chi connectivity index (χ0n) is 7.89. The fraction of sp³-hybridized carbons (Fsp3) is 0.889. The molecule has 1 rings (SSSR count). The van der Waals surface area contributed by atoms with E-state index in [1.807, 2.05) is 0 Å². The van der Waals surface area contributed by atoms with E-state index in [1.54, 1.807) is 0 Å². The molecule has 0 aromatic heterocycles. The van der Waals surface area contributed by atoms with E-state index in [1.165, 1.54) is 7.11 Å². The molecule has 1 aliphatic carbocycles. The van der Waals surface area contributed by atoms with E-state index >= 15 is 0 Å². The van der Waals surface area contributed by atoms with Crippen molar-refractivity contribution in [2.45, 2.75) is 27.7 Å². The molecule has 11 heavy (non-hydrogen) atoms. The summed E-state index contributed by atoms with van der Waals surface area (Å²) in [7, 11) is 1.45. The summed E-state index contributed by atoms with van der Waals surface area (Å²) in [5.74, 6) is 0.0139. The van der Waals surface area contributed by atoms with E-state index in [0.717, 1.165) is 0 Å². The van der Waals surface area contributed by atoms with Gasteiger partial charge in [0.1, 0.15) is 0 Å². The molecule has 0 bridgehead atoms. The Morgan fingerprint density at radius 1 is 1.18 bits per heavy atom. The van der Waals surface area contributed by atoms with Crippen LogP contribution in [0.3, 0.4) is 0 Å². The molecule has 0 radical (unpaired) electrons. The molecule has 2 heteroatoms. The highest BCUT2D eigenvalue weighted by Gasteiger charge is 2.68. The van der Waals surface area contributed by atoms with Gasteiger partial charge < -0.3 is 4.74 Å². The topological polar surface area (TPSA) is 26.3 Å². The number of carbonyl (C=O) groups excluding carboxylic acids is 1. The van der Waals surface area contributed by atoms with Crippen LogP contribution in [0, 0.1) is 16.7 Å². The second-order valence-electron chi connectivity index (χ2n) is 4.40. The van der Waals surface area contributed by atoms with Gasteiger partial charge in [-0.1, -0.05) is 27.7 Å². The van der Waals surface area contributed by atoms with Crippen molar-refractivity contribution in [2.24, 2.45) is 16.7 Å². The first-order valence-electron chi connectivity index (χ1n) is 3.93. The van der Waals surface area contributed by atoms with Crippen molar-refractivity contribution >= 4 is 5.97 Å². The van der Waals surface area contributed by atoms with Crippen LogP contribution in [0.25, 0.3) is 0 Å². The highest BCUT2D eigenvalue weighted by molar-refractivity contribution is 5.78. The second-order valence-corrected chi connectivity index (χ2v) is 4.40. The highest BCUT2D eigenvalue weighted by Crippen LogP contribution is 2.68. The molecule has 0 unspecified atom stereocenters. The molecule has 0 aliphatic heterocycles. The molecule has 2 nitrogen and oxygen atoms in total. The van der Waals surface area contributed by atoms with Crippen molar-refractivity contribution in [1.29, 1.82) is 0 Å². The maximum Gasteiger partial charge on any atom is 0.309 e. The number of rotatable bonds is 1. The Balaban J connectivity index is 2.75. The number of hydrogen-bond donors (Lipinski definition) is 0. The molecule has 0 amide bonds. The smallest absolute Gasteiger partial charge is 0.309 e. The van der Waals surface area contributed by atoms with E-state index in [0.29, 0.717) is 0 Å². The number of hydrogen-bond acceptors (Lipinski definition) is 2. The lowest BCUT2D eigenvalue weighted by molar-refractivity contribution is -0.143. The summed E-state index contributed by atoms with van der Waals surface area (Å²) >= 11 is 0. The van der Waals surface area contributed by atoms with Crippen LogP contribution in [-0.4, -0.2) is 13.1 Å². The molecule has 0 saturated heterocycles. The van der Waals surface area contributed by atoms with E-state index in [4.69, 9.17) is 4.74 Å². The van der Waals surface area contributed by atoms with Crippen LogP contribution in [-0.2, 0) is 9.53 Å². The fourth-order valence-corrected chi connectivity index (χ4v) is 1.90. The minimum Gasteiger partial charge on any atom is -0.469 e. The lowest BCUT2D eigenvalue weighted by Crippen LogP contribution is -2.08. The van der Waals surface area contributed by atoms with Gasteiger partial charge in [0.2, 0.25) is 0 Å². The van der Waals surface area contributed by atoms with Gasteiger partial charge in [-0.05, 0) is 10.8 Å². The van der Waals surface area contributed by atoms with Crippen LogP contribution in [0.2, 0.25) is 0 Å². The van der Waals surface area contributed by atoms with Gasteiger partial charge in [0.15, 0.2) is 0 Å². The number of methoxy groups -OCH3 is 1. The molecular formula is C9H16O2. The zero-order chi connectivity index (χ0) is 8.86. The van der Waals surface area contributed by atoms with E-state index in [9.17, 15) is 4.79 Å². The van der Waals surface area contributed by atoms with Crippen molar-refractivity contribution < 1.29 is 9.53 Å². The van der Waals surface area contributed by atoms with Gasteiger partial charge in [-0.2, -0.15) is 0 Å². The van der Waals surface area contributed by atoms with Crippen LogP contribution >= 0.6 is 0 Å². The average molecular weight is 156 g/mol. The van der Waals surface area contributed by atoms with Gasteiger partial charge >= 0.3 is 5.97 Å². The molecule has 1 saturated carbocycles. The SMILES string of the molecule is COC(=O)C1C(C)(C)C1(C)C. The van der Waals surface area contributed by atoms with Crippen LogP contribution in [0.5, 0.6) is 0 Å². The summed E-state index contributed by atoms with van der Waals surface area (Å²) in [6.07, 6.45) is 0.